The van der Waals surface area contributed by atoms with Gasteiger partial charge in [-0.15, -0.1) is 0 Å². The summed E-state index contributed by atoms with van der Waals surface area (Å²) >= 11 is 0. The predicted octanol–water partition coefficient (Wildman–Crippen LogP) is 5.30. The van der Waals surface area contributed by atoms with Crippen LogP contribution in [-0.4, -0.2) is 36.9 Å². The summed E-state index contributed by atoms with van der Waals surface area (Å²) in [6, 6.07) is 4.26. The first-order chi connectivity index (χ1) is 14.5. The quantitative estimate of drug-likeness (QED) is 0.402. The smallest absolute Gasteiger partial charge is 0.310 e. The molecule has 0 amide bonds. The maximum Gasteiger partial charge on any atom is 0.310 e. The van der Waals surface area contributed by atoms with Crippen LogP contribution in [0.2, 0.25) is 0 Å². The molecule has 0 bridgehead atoms. The second kappa shape index (κ2) is 9.11. The number of ether oxygens (including phenoxy) is 3. The largest absolute Gasteiger partial charge is 0.487 e. The van der Waals surface area contributed by atoms with Gasteiger partial charge in [0.2, 0.25) is 0 Å². The Kier molecular flexibility index (Phi) is 7.07. The lowest BCUT2D eigenvalue weighted by Crippen LogP contribution is -2.39. The van der Waals surface area contributed by atoms with Gasteiger partial charge in [0.15, 0.2) is 0 Å². The third-order valence-electron chi connectivity index (χ3n) is 7.12. The van der Waals surface area contributed by atoms with Crippen molar-refractivity contribution in [3.8, 4) is 5.75 Å². The van der Waals surface area contributed by atoms with Crippen LogP contribution in [0.4, 0.5) is 0 Å². The Bertz CT molecular complexity index is 801. The van der Waals surface area contributed by atoms with Crippen LogP contribution >= 0.6 is 0 Å². The van der Waals surface area contributed by atoms with Gasteiger partial charge in [-0.25, -0.2) is 0 Å². The number of carbonyl (C=O) groups is 1. The molecule has 1 aromatic carbocycles. The number of carbonyl (C=O) groups excluding carboxylic acids is 1. The first kappa shape index (κ1) is 24.1. The van der Waals surface area contributed by atoms with E-state index in [2.05, 4.69) is 65.9 Å². The van der Waals surface area contributed by atoms with Gasteiger partial charge >= 0.3 is 5.97 Å². The summed E-state index contributed by atoms with van der Waals surface area (Å²) in [7, 11) is 0. The maximum atomic E-state index is 12.7. The van der Waals surface area contributed by atoms with E-state index in [1.165, 1.54) is 0 Å². The number of esters is 1. The highest BCUT2D eigenvalue weighted by Crippen LogP contribution is 2.66. The Morgan fingerprint density at radius 1 is 1.29 bits per heavy atom. The lowest BCUT2D eigenvalue weighted by molar-refractivity contribution is -0.145. The van der Waals surface area contributed by atoms with E-state index in [0.717, 1.165) is 41.8 Å². The number of fused-ring (bicyclic) bond motifs is 3. The molecule has 0 saturated heterocycles. The molecule has 1 heterocycles. The molecule has 3 rings (SSSR count). The second-order valence-corrected chi connectivity index (χ2v) is 10.3. The third-order valence-corrected chi connectivity index (χ3v) is 7.12. The Morgan fingerprint density at radius 2 is 2.00 bits per heavy atom. The van der Waals surface area contributed by atoms with E-state index in [1.807, 2.05) is 6.92 Å². The topological polar surface area (TPSA) is 56.8 Å². The fourth-order valence-electron chi connectivity index (χ4n) is 4.93. The fraction of sp³-hybridized carbons (Fsp3) is 0.731. The zero-order valence-electron chi connectivity index (χ0n) is 20.6. The molecule has 1 fully saturated rings. The van der Waals surface area contributed by atoms with Crippen molar-refractivity contribution >= 4 is 5.97 Å². The van der Waals surface area contributed by atoms with Gasteiger partial charge in [0.25, 0.3) is 0 Å². The summed E-state index contributed by atoms with van der Waals surface area (Å²) in [5, 5.41) is 3.58. The van der Waals surface area contributed by atoms with Gasteiger partial charge in [-0.3, -0.25) is 4.79 Å². The molecule has 0 radical (unpaired) electrons. The molecule has 5 nitrogen and oxygen atoms in total. The molecule has 2 aliphatic rings. The zero-order valence-corrected chi connectivity index (χ0v) is 20.6. The Hall–Kier alpha value is -1.59. The van der Waals surface area contributed by atoms with E-state index >= 15 is 0 Å². The first-order valence-corrected chi connectivity index (χ1v) is 11.9. The van der Waals surface area contributed by atoms with Gasteiger partial charge in [-0.2, -0.15) is 0 Å². The number of nitrogens with one attached hydrogen (secondary N) is 1. The molecule has 0 aromatic heterocycles. The molecule has 174 valence electrons. The molecule has 4 atom stereocenters. The normalized spacial score (nSPS) is 24.6. The molecular formula is C26H41NO4. The summed E-state index contributed by atoms with van der Waals surface area (Å²) in [4.78, 5) is 12.7. The van der Waals surface area contributed by atoms with Gasteiger partial charge < -0.3 is 19.5 Å². The third kappa shape index (κ3) is 4.93. The zero-order chi connectivity index (χ0) is 23.0. The highest BCUT2D eigenvalue weighted by molar-refractivity contribution is 5.80. The Balaban J connectivity index is 1.75. The van der Waals surface area contributed by atoms with Crippen molar-refractivity contribution in [1.29, 1.82) is 0 Å². The average Bonchev–Trinajstić information content (AvgIpc) is 3.46. The van der Waals surface area contributed by atoms with Crippen molar-refractivity contribution in [2.24, 2.45) is 11.8 Å². The van der Waals surface area contributed by atoms with Crippen LogP contribution in [-0.2, 0) is 14.3 Å². The van der Waals surface area contributed by atoms with Crippen molar-refractivity contribution in [3.63, 3.8) is 0 Å². The van der Waals surface area contributed by atoms with Crippen LogP contribution in [0.3, 0.4) is 0 Å². The van der Waals surface area contributed by atoms with E-state index in [0.29, 0.717) is 13.2 Å². The minimum absolute atomic E-state index is 0.0533. The Morgan fingerprint density at radius 3 is 2.65 bits per heavy atom. The number of hydrogen-bond donors (Lipinski definition) is 1. The van der Waals surface area contributed by atoms with Gasteiger partial charge in [0.1, 0.15) is 11.4 Å². The number of aryl methyl sites for hydroxylation is 1. The van der Waals surface area contributed by atoms with E-state index in [4.69, 9.17) is 14.2 Å². The fourth-order valence-corrected chi connectivity index (χ4v) is 4.93. The molecule has 1 aliphatic carbocycles. The van der Waals surface area contributed by atoms with Gasteiger partial charge in [-0.1, -0.05) is 19.1 Å². The van der Waals surface area contributed by atoms with Gasteiger partial charge in [0, 0.05) is 29.5 Å². The summed E-state index contributed by atoms with van der Waals surface area (Å²) < 4.78 is 18.1. The molecule has 1 aliphatic heterocycles. The van der Waals surface area contributed by atoms with E-state index in [-0.39, 0.29) is 41.0 Å². The van der Waals surface area contributed by atoms with E-state index < -0.39 is 0 Å². The highest BCUT2D eigenvalue weighted by Gasteiger charge is 2.67. The van der Waals surface area contributed by atoms with Crippen LogP contribution in [0.15, 0.2) is 12.1 Å². The van der Waals surface area contributed by atoms with Crippen molar-refractivity contribution in [1.82, 2.24) is 5.32 Å². The molecule has 31 heavy (non-hydrogen) atoms. The van der Waals surface area contributed by atoms with Crippen LogP contribution in [0, 0.1) is 18.8 Å². The molecule has 1 saturated carbocycles. The summed E-state index contributed by atoms with van der Waals surface area (Å²) in [5.41, 5.74) is 3.17. The van der Waals surface area contributed by atoms with E-state index in [1.54, 1.807) is 0 Å². The molecular weight excluding hydrogens is 390 g/mol. The number of hydrogen-bond acceptors (Lipinski definition) is 5. The van der Waals surface area contributed by atoms with Crippen LogP contribution in [0.25, 0.3) is 0 Å². The number of benzene rings is 1. The number of rotatable bonds is 10. The van der Waals surface area contributed by atoms with Gasteiger partial charge in [0.05, 0.1) is 18.6 Å². The average molecular weight is 432 g/mol. The van der Waals surface area contributed by atoms with Crippen LogP contribution in [0.5, 0.6) is 5.75 Å². The van der Waals surface area contributed by atoms with Gasteiger partial charge in [-0.05, 0) is 79.0 Å². The van der Waals surface area contributed by atoms with Crippen LogP contribution in [0.1, 0.15) is 90.0 Å². The maximum absolute atomic E-state index is 12.7. The molecule has 1 N–H and O–H groups in total. The summed E-state index contributed by atoms with van der Waals surface area (Å²) in [5.74, 6) is 0.979. The lowest BCUT2D eigenvalue weighted by atomic mass is 9.88. The molecule has 0 spiro atoms. The molecule has 4 unspecified atom stereocenters. The standard InChI is InChI=1S/C26H41NO4/c1-9-25(5,6)27-14-11-15-30-17(4)18-13-12-16(3)23-19(18)20-21(24(28)29-10-2)22(20)26(7,8)31-23/h12-13,17,20-22,27H,9-11,14-15H2,1-8H3. The summed E-state index contributed by atoms with van der Waals surface area (Å²) in [6.45, 7) is 18.9. The second-order valence-electron chi connectivity index (χ2n) is 10.3. The minimum Gasteiger partial charge on any atom is -0.487 e. The lowest BCUT2D eigenvalue weighted by Gasteiger charge is -2.35. The SMILES string of the molecule is CCOC(=O)C1C2c3c(C(C)OCCCNC(C)(C)CC)ccc(C)c3OC(C)(C)C12. The molecule has 5 heteroatoms. The molecule has 1 aromatic rings. The minimum atomic E-state index is -0.389. The van der Waals surface area contributed by atoms with Crippen LogP contribution < -0.4 is 10.1 Å². The van der Waals surface area contributed by atoms with Crippen molar-refractivity contribution < 1.29 is 19.0 Å². The highest BCUT2D eigenvalue weighted by atomic mass is 16.5. The first-order valence-electron chi connectivity index (χ1n) is 11.9. The van der Waals surface area contributed by atoms with Crippen molar-refractivity contribution in [2.75, 3.05) is 19.8 Å². The monoisotopic (exact) mass is 431 g/mol. The summed E-state index contributed by atoms with van der Waals surface area (Å²) in [6.07, 6.45) is 2.01. The Labute approximate surface area is 188 Å². The van der Waals surface area contributed by atoms with Crippen molar-refractivity contribution in [3.05, 3.63) is 28.8 Å². The van der Waals surface area contributed by atoms with Crippen molar-refractivity contribution in [2.45, 2.75) is 91.4 Å². The van der Waals surface area contributed by atoms with E-state index in [9.17, 15) is 4.79 Å². The predicted molar refractivity (Wildman–Crippen MR) is 124 cm³/mol.